The van der Waals surface area contributed by atoms with Crippen LogP contribution >= 0.6 is 0 Å². The minimum absolute atomic E-state index is 0.154. The number of ether oxygens (including phenoxy) is 2. The fourth-order valence-corrected chi connectivity index (χ4v) is 5.20. The van der Waals surface area contributed by atoms with Crippen molar-refractivity contribution in [1.82, 2.24) is 10.2 Å². The van der Waals surface area contributed by atoms with Gasteiger partial charge in [0.05, 0.1) is 0 Å². The van der Waals surface area contributed by atoms with E-state index in [1.54, 1.807) is 12.1 Å². The van der Waals surface area contributed by atoms with Crippen molar-refractivity contribution in [3.05, 3.63) is 30.1 Å². The Hall–Kier alpha value is -1.66. The zero-order valence-electron chi connectivity index (χ0n) is 18.6. The van der Waals surface area contributed by atoms with E-state index in [0.29, 0.717) is 6.04 Å². The second-order valence-electron chi connectivity index (χ2n) is 9.51. The summed E-state index contributed by atoms with van der Waals surface area (Å²) in [5.74, 6) is 1.72. The number of likely N-dealkylation sites (tertiary alicyclic amines) is 1. The number of carbonyl (C=O) groups excluding carboxylic acids is 1. The van der Waals surface area contributed by atoms with E-state index in [4.69, 9.17) is 9.47 Å². The molecule has 0 unspecified atom stereocenters. The number of hydrogen-bond acceptors (Lipinski definition) is 4. The van der Waals surface area contributed by atoms with Gasteiger partial charge in [0, 0.05) is 38.3 Å². The van der Waals surface area contributed by atoms with Crippen LogP contribution in [0.4, 0.5) is 4.39 Å². The molecule has 0 aromatic heterocycles. The van der Waals surface area contributed by atoms with E-state index in [9.17, 15) is 9.18 Å². The van der Waals surface area contributed by atoms with E-state index in [2.05, 4.69) is 10.2 Å². The number of benzene rings is 1. The molecule has 0 atom stereocenters. The third-order valence-corrected chi connectivity index (χ3v) is 7.29. The molecule has 4 rings (SSSR count). The Balaban J connectivity index is 1.09. The van der Waals surface area contributed by atoms with Gasteiger partial charge in [-0.3, -0.25) is 4.79 Å². The molecular weight excluding hydrogens is 395 g/mol. The molecule has 31 heavy (non-hydrogen) atoms. The molecule has 3 fully saturated rings. The van der Waals surface area contributed by atoms with Crippen molar-refractivity contribution in [2.24, 2.45) is 11.8 Å². The number of halogens is 1. The topological polar surface area (TPSA) is 50.8 Å². The highest BCUT2D eigenvalue weighted by Gasteiger charge is 2.27. The van der Waals surface area contributed by atoms with Gasteiger partial charge in [0.25, 0.3) is 0 Å². The maximum atomic E-state index is 13.0. The van der Waals surface area contributed by atoms with Gasteiger partial charge < -0.3 is 19.7 Å². The summed E-state index contributed by atoms with van der Waals surface area (Å²) in [6.45, 7) is 4.75. The number of rotatable bonds is 7. The van der Waals surface area contributed by atoms with Crippen LogP contribution in [0.2, 0.25) is 0 Å². The van der Waals surface area contributed by atoms with Crippen LogP contribution in [0.1, 0.15) is 57.8 Å². The van der Waals surface area contributed by atoms with Gasteiger partial charge >= 0.3 is 0 Å². The smallest absolute Gasteiger partial charge is 0.223 e. The van der Waals surface area contributed by atoms with E-state index in [0.717, 1.165) is 83.0 Å². The molecule has 0 radical (unpaired) electrons. The summed E-state index contributed by atoms with van der Waals surface area (Å²) in [6, 6.07) is 6.70. The molecule has 6 heteroatoms. The van der Waals surface area contributed by atoms with E-state index >= 15 is 0 Å². The Bertz CT molecular complexity index is 677. The summed E-state index contributed by atoms with van der Waals surface area (Å²) in [4.78, 5) is 15.0. The molecule has 3 aliphatic rings. The molecule has 1 amide bonds. The quantitative estimate of drug-likeness (QED) is 0.703. The van der Waals surface area contributed by atoms with E-state index in [1.807, 2.05) is 0 Å². The van der Waals surface area contributed by atoms with Crippen molar-refractivity contribution in [2.45, 2.75) is 69.9 Å². The van der Waals surface area contributed by atoms with Gasteiger partial charge in [0.15, 0.2) is 0 Å². The highest BCUT2D eigenvalue weighted by atomic mass is 19.1. The number of amides is 1. The van der Waals surface area contributed by atoms with Crippen LogP contribution in [0, 0.1) is 17.7 Å². The largest absolute Gasteiger partial charge is 0.490 e. The third kappa shape index (κ3) is 6.91. The second kappa shape index (κ2) is 11.3. The van der Waals surface area contributed by atoms with Gasteiger partial charge in [-0.05, 0) is 94.5 Å². The Kier molecular flexibility index (Phi) is 8.20. The number of carbonyl (C=O) groups is 1. The Morgan fingerprint density at radius 1 is 1.00 bits per heavy atom. The molecule has 0 bridgehead atoms. The van der Waals surface area contributed by atoms with Gasteiger partial charge in [-0.1, -0.05) is 0 Å². The van der Waals surface area contributed by atoms with Gasteiger partial charge in [0.2, 0.25) is 5.91 Å². The third-order valence-electron chi connectivity index (χ3n) is 7.29. The molecule has 0 spiro atoms. The average molecular weight is 433 g/mol. The molecule has 2 heterocycles. The van der Waals surface area contributed by atoms with Crippen molar-refractivity contribution in [3.63, 3.8) is 0 Å². The monoisotopic (exact) mass is 432 g/mol. The number of piperidine rings is 1. The van der Waals surface area contributed by atoms with Gasteiger partial charge in [0.1, 0.15) is 17.7 Å². The summed E-state index contributed by atoms with van der Waals surface area (Å²) >= 11 is 0. The lowest BCUT2D eigenvalue weighted by Crippen LogP contribution is -2.43. The highest BCUT2D eigenvalue weighted by Crippen LogP contribution is 2.28. The molecule has 172 valence electrons. The maximum absolute atomic E-state index is 13.0. The summed E-state index contributed by atoms with van der Waals surface area (Å²) in [5, 5.41) is 3.30. The van der Waals surface area contributed by atoms with Crippen LogP contribution in [-0.2, 0) is 9.53 Å². The summed E-state index contributed by atoms with van der Waals surface area (Å²) in [5.41, 5.74) is 0. The van der Waals surface area contributed by atoms with E-state index < -0.39 is 0 Å². The lowest BCUT2D eigenvalue weighted by molar-refractivity contribution is -0.128. The first-order valence-corrected chi connectivity index (χ1v) is 12.2. The Morgan fingerprint density at radius 3 is 2.35 bits per heavy atom. The molecule has 2 saturated heterocycles. The van der Waals surface area contributed by atoms with Crippen molar-refractivity contribution < 1.29 is 18.7 Å². The van der Waals surface area contributed by atoms with Crippen molar-refractivity contribution in [3.8, 4) is 5.75 Å². The standard InChI is InChI=1S/C25H37FN2O3/c26-21-3-7-23(8-4-21)31-24-10-15-28(16-11-24)14-9-19-1-5-22(6-2-19)27-25(29)20-12-17-30-18-13-20/h3-4,7-8,19-20,22,24H,1-2,5-6,9-18H2,(H,27,29)/t19-,22-. The van der Waals surface area contributed by atoms with Crippen LogP contribution in [0.3, 0.4) is 0 Å². The molecule has 1 aliphatic carbocycles. The van der Waals surface area contributed by atoms with Crippen LogP contribution in [-0.4, -0.2) is 55.8 Å². The number of nitrogens with one attached hydrogen (secondary N) is 1. The Labute approximate surface area is 185 Å². The first-order chi connectivity index (χ1) is 15.2. The number of nitrogens with zero attached hydrogens (tertiary/aromatic N) is 1. The van der Waals surface area contributed by atoms with Gasteiger partial charge in [-0.15, -0.1) is 0 Å². The van der Waals surface area contributed by atoms with Crippen molar-refractivity contribution in [2.75, 3.05) is 32.8 Å². The minimum Gasteiger partial charge on any atom is -0.490 e. The minimum atomic E-state index is -0.224. The Morgan fingerprint density at radius 2 is 1.68 bits per heavy atom. The van der Waals surface area contributed by atoms with Crippen LogP contribution in [0.15, 0.2) is 24.3 Å². The predicted molar refractivity (Wildman–Crippen MR) is 119 cm³/mol. The number of hydrogen-bond donors (Lipinski definition) is 1. The van der Waals surface area contributed by atoms with Crippen LogP contribution in [0.5, 0.6) is 5.75 Å². The van der Waals surface area contributed by atoms with Crippen LogP contribution < -0.4 is 10.1 Å². The summed E-state index contributed by atoms with van der Waals surface area (Å²) in [6.07, 6.45) is 9.97. The van der Waals surface area contributed by atoms with Gasteiger partial charge in [-0.25, -0.2) is 4.39 Å². The van der Waals surface area contributed by atoms with Gasteiger partial charge in [-0.2, -0.15) is 0 Å². The molecule has 1 aromatic carbocycles. The molecule has 2 aliphatic heterocycles. The zero-order valence-corrected chi connectivity index (χ0v) is 18.6. The van der Waals surface area contributed by atoms with E-state index in [1.165, 1.54) is 31.4 Å². The zero-order chi connectivity index (χ0) is 21.5. The normalized spacial score (nSPS) is 26.5. The summed E-state index contributed by atoms with van der Waals surface area (Å²) < 4.78 is 24.4. The fraction of sp³-hybridized carbons (Fsp3) is 0.720. The lowest BCUT2D eigenvalue weighted by atomic mass is 9.83. The molecule has 1 N–H and O–H groups in total. The molecule has 5 nitrogen and oxygen atoms in total. The molecule has 1 saturated carbocycles. The first kappa shape index (κ1) is 22.5. The first-order valence-electron chi connectivity index (χ1n) is 12.2. The molecular formula is C25H37FN2O3. The maximum Gasteiger partial charge on any atom is 0.223 e. The second-order valence-corrected chi connectivity index (χ2v) is 9.51. The average Bonchev–Trinajstić information content (AvgIpc) is 2.81. The van der Waals surface area contributed by atoms with Crippen molar-refractivity contribution >= 4 is 5.91 Å². The predicted octanol–water partition coefficient (Wildman–Crippen LogP) is 4.16. The fourth-order valence-electron chi connectivity index (χ4n) is 5.20. The highest BCUT2D eigenvalue weighted by molar-refractivity contribution is 5.79. The van der Waals surface area contributed by atoms with Crippen LogP contribution in [0.25, 0.3) is 0 Å². The lowest BCUT2D eigenvalue weighted by Gasteiger charge is -2.35. The van der Waals surface area contributed by atoms with Crippen molar-refractivity contribution in [1.29, 1.82) is 0 Å². The SMILES string of the molecule is O=C(N[C@H]1CC[C@H](CCN2CCC(Oc3ccc(F)cc3)CC2)CC1)C1CCOCC1. The van der Waals surface area contributed by atoms with E-state index in [-0.39, 0.29) is 23.7 Å². The molecule has 1 aromatic rings. The summed E-state index contributed by atoms with van der Waals surface area (Å²) in [7, 11) is 0.